The summed E-state index contributed by atoms with van der Waals surface area (Å²) >= 11 is 0. The Morgan fingerprint density at radius 3 is 2.42 bits per heavy atom. The summed E-state index contributed by atoms with van der Waals surface area (Å²) in [5.41, 5.74) is -0.303. The maximum Gasteiger partial charge on any atom is 0.323 e. The first-order valence-electron chi connectivity index (χ1n) is 6.69. The lowest BCUT2D eigenvalue weighted by atomic mass is 9.93. The van der Waals surface area contributed by atoms with Gasteiger partial charge >= 0.3 is 12.0 Å². The van der Waals surface area contributed by atoms with Crippen LogP contribution in [0, 0.1) is 5.92 Å². The van der Waals surface area contributed by atoms with Crippen LogP contribution in [0.15, 0.2) is 0 Å². The van der Waals surface area contributed by atoms with Crippen LogP contribution in [0.1, 0.15) is 33.6 Å². The van der Waals surface area contributed by atoms with E-state index >= 15 is 0 Å². The summed E-state index contributed by atoms with van der Waals surface area (Å²) < 4.78 is 5.28. The molecule has 110 valence electrons. The highest BCUT2D eigenvalue weighted by atomic mass is 16.5. The molecular formula is C13H24N2O4. The molecule has 1 rings (SSSR count). The van der Waals surface area contributed by atoms with Crippen molar-refractivity contribution in [1.82, 2.24) is 10.2 Å². The van der Waals surface area contributed by atoms with Gasteiger partial charge < -0.3 is 20.1 Å². The quantitative estimate of drug-likeness (QED) is 0.791. The minimum absolute atomic E-state index is 0.229. The van der Waals surface area contributed by atoms with Crippen molar-refractivity contribution in [1.29, 1.82) is 0 Å². The van der Waals surface area contributed by atoms with Crippen molar-refractivity contribution in [3.8, 4) is 0 Å². The van der Waals surface area contributed by atoms with Gasteiger partial charge in [-0.25, -0.2) is 4.79 Å². The third-order valence-electron chi connectivity index (χ3n) is 3.20. The molecule has 6 nitrogen and oxygen atoms in total. The summed E-state index contributed by atoms with van der Waals surface area (Å²) in [6, 6.07) is -0.305. The second kappa shape index (κ2) is 6.75. The van der Waals surface area contributed by atoms with Gasteiger partial charge in [0.2, 0.25) is 0 Å². The van der Waals surface area contributed by atoms with E-state index in [0.29, 0.717) is 19.8 Å². The number of urea groups is 1. The molecule has 6 heteroatoms. The highest BCUT2D eigenvalue weighted by molar-refractivity contribution is 5.80. The van der Waals surface area contributed by atoms with Crippen molar-refractivity contribution in [2.75, 3.05) is 26.3 Å². The van der Waals surface area contributed by atoms with E-state index in [2.05, 4.69) is 5.32 Å². The molecule has 0 aromatic rings. The first-order valence-corrected chi connectivity index (χ1v) is 6.69. The van der Waals surface area contributed by atoms with E-state index in [1.807, 2.05) is 20.8 Å². The Kier molecular flexibility index (Phi) is 5.60. The molecule has 0 saturated carbocycles. The average molecular weight is 272 g/mol. The Morgan fingerprint density at radius 2 is 1.95 bits per heavy atom. The minimum atomic E-state index is -0.993. The van der Waals surface area contributed by atoms with Gasteiger partial charge in [-0.2, -0.15) is 0 Å². The van der Waals surface area contributed by atoms with E-state index < -0.39 is 5.97 Å². The molecule has 1 aliphatic rings. The van der Waals surface area contributed by atoms with Gasteiger partial charge in [-0.05, 0) is 25.7 Å². The van der Waals surface area contributed by atoms with Crippen molar-refractivity contribution in [3.05, 3.63) is 0 Å². The second-order valence-corrected chi connectivity index (χ2v) is 5.77. The lowest BCUT2D eigenvalue weighted by molar-refractivity contribution is -0.137. The van der Waals surface area contributed by atoms with Crippen LogP contribution in [-0.2, 0) is 9.53 Å². The van der Waals surface area contributed by atoms with E-state index in [9.17, 15) is 9.59 Å². The largest absolute Gasteiger partial charge is 0.480 e. The summed E-state index contributed by atoms with van der Waals surface area (Å²) in [4.78, 5) is 24.4. The van der Waals surface area contributed by atoms with Gasteiger partial charge in [-0.1, -0.05) is 13.8 Å². The van der Waals surface area contributed by atoms with Crippen molar-refractivity contribution in [3.63, 3.8) is 0 Å². The molecule has 0 aromatic heterocycles. The lowest BCUT2D eigenvalue weighted by Crippen LogP contribution is -2.55. The van der Waals surface area contributed by atoms with Gasteiger partial charge in [0.05, 0.1) is 0 Å². The zero-order valence-corrected chi connectivity index (χ0v) is 11.9. The molecule has 0 spiro atoms. The zero-order chi connectivity index (χ0) is 14.5. The SMILES string of the molecule is CC(C)CN(CC(=O)O)C(=O)NC1(C)CCOCC1. The van der Waals surface area contributed by atoms with Gasteiger partial charge in [0.15, 0.2) is 0 Å². The van der Waals surface area contributed by atoms with Crippen LogP contribution in [0.5, 0.6) is 0 Å². The summed E-state index contributed by atoms with van der Waals surface area (Å²) in [5.74, 6) is -0.763. The third kappa shape index (κ3) is 5.46. The Labute approximate surface area is 114 Å². The summed E-state index contributed by atoms with van der Waals surface area (Å²) in [7, 11) is 0. The summed E-state index contributed by atoms with van der Waals surface area (Å²) in [6.45, 7) is 7.30. The number of carboxylic acids is 1. The standard InChI is InChI=1S/C13H24N2O4/c1-10(2)8-15(9-11(16)17)12(18)14-13(3)4-6-19-7-5-13/h10H,4-9H2,1-3H3,(H,14,18)(H,16,17). The molecule has 1 heterocycles. The molecular weight excluding hydrogens is 248 g/mol. The maximum absolute atomic E-state index is 12.2. The molecule has 0 radical (unpaired) electrons. The van der Waals surface area contributed by atoms with Crippen LogP contribution < -0.4 is 5.32 Å². The van der Waals surface area contributed by atoms with Crippen LogP contribution in [0.2, 0.25) is 0 Å². The van der Waals surface area contributed by atoms with E-state index in [1.165, 1.54) is 4.90 Å². The average Bonchev–Trinajstić information content (AvgIpc) is 2.27. The predicted octanol–water partition coefficient (Wildman–Crippen LogP) is 1.31. The van der Waals surface area contributed by atoms with E-state index in [4.69, 9.17) is 9.84 Å². The smallest absolute Gasteiger partial charge is 0.323 e. The predicted molar refractivity (Wildman–Crippen MR) is 71.0 cm³/mol. The van der Waals surface area contributed by atoms with Crippen LogP contribution >= 0.6 is 0 Å². The molecule has 0 aromatic carbocycles. The highest BCUT2D eigenvalue weighted by Gasteiger charge is 2.31. The Hall–Kier alpha value is -1.30. The van der Waals surface area contributed by atoms with Crippen molar-refractivity contribution in [2.24, 2.45) is 5.92 Å². The van der Waals surface area contributed by atoms with Crippen LogP contribution in [-0.4, -0.2) is 53.8 Å². The number of carbonyl (C=O) groups is 2. The maximum atomic E-state index is 12.2. The molecule has 1 aliphatic heterocycles. The van der Waals surface area contributed by atoms with E-state index in [0.717, 1.165) is 12.8 Å². The first-order chi connectivity index (χ1) is 8.82. The van der Waals surface area contributed by atoms with Crippen LogP contribution in [0.3, 0.4) is 0 Å². The number of hydrogen-bond acceptors (Lipinski definition) is 3. The third-order valence-corrected chi connectivity index (χ3v) is 3.20. The lowest BCUT2D eigenvalue weighted by Gasteiger charge is -2.36. The van der Waals surface area contributed by atoms with Crippen LogP contribution in [0.4, 0.5) is 4.79 Å². The van der Waals surface area contributed by atoms with Gasteiger partial charge in [0, 0.05) is 25.3 Å². The highest BCUT2D eigenvalue weighted by Crippen LogP contribution is 2.20. The number of hydrogen-bond donors (Lipinski definition) is 2. The zero-order valence-electron chi connectivity index (χ0n) is 11.9. The fourth-order valence-electron chi connectivity index (χ4n) is 2.11. The number of aliphatic carboxylic acids is 1. The normalized spacial score (nSPS) is 18.1. The Bertz CT molecular complexity index is 325. The number of carbonyl (C=O) groups excluding carboxylic acids is 1. The molecule has 0 unspecified atom stereocenters. The van der Waals surface area contributed by atoms with Gasteiger partial charge in [-0.15, -0.1) is 0 Å². The second-order valence-electron chi connectivity index (χ2n) is 5.77. The number of nitrogens with one attached hydrogen (secondary N) is 1. The monoisotopic (exact) mass is 272 g/mol. The number of ether oxygens (including phenoxy) is 1. The number of nitrogens with zero attached hydrogens (tertiary/aromatic N) is 1. The molecule has 1 saturated heterocycles. The molecule has 1 fully saturated rings. The fraction of sp³-hybridized carbons (Fsp3) is 0.846. The fourth-order valence-corrected chi connectivity index (χ4v) is 2.11. The Morgan fingerprint density at radius 1 is 1.37 bits per heavy atom. The molecule has 2 amide bonds. The summed E-state index contributed by atoms with van der Waals surface area (Å²) in [5, 5.41) is 11.8. The topological polar surface area (TPSA) is 78.9 Å². The Balaban J connectivity index is 2.61. The van der Waals surface area contributed by atoms with E-state index in [-0.39, 0.29) is 24.0 Å². The van der Waals surface area contributed by atoms with Gasteiger partial charge in [0.1, 0.15) is 6.54 Å². The number of amides is 2. The van der Waals surface area contributed by atoms with Crippen molar-refractivity contribution >= 4 is 12.0 Å². The molecule has 0 atom stereocenters. The summed E-state index contributed by atoms with van der Waals surface area (Å²) in [6.07, 6.45) is 1.50. The molecule has 2 N–H and O–H groups in total. The molecule has 19 heavy (non-hydrogen) atoms. The first kappa shape index (κ1) is 15.8. The van der Waals surface area contributed by atoms with Gasteiger partial charge in [0.25, 0.3) is 0 Å². The van der Waals surface area contributed by atoms with Crippen molar-refractivity contribution in [2.45, 2.75) is 39.2 Å². The van der Waals surface area contributed by atoms with Gasteiger partial charge in [-0.3, -0.25) is 4.79 Å². The minimum Gasteiger partial charge on any atom is -0.480 e. The van der Waals surface area contributed by atoms with E-state index in [1.54, 1.807) is 0 Å². The molecule has 0 aliphatic carbocycles. The van der Waals surface area contributed by atoms with Crippen LogP contribution in [0.25, 0.3) is 0 Å². The number of rotatable bonds is 5. The molecule has 0 bridgehead atoms. The number of carboxylic acid groups (broad SMARTS) is 1. The van der Waals surface area contributed by atoms with Crippen molar-refractivity contribution < 1.29 is 19.4 Å².